The molecular weight excluding hydrogens is 260 g/mol. The van der Waals surface area contributed by atoms with Crippen LogP contribution in [0.3, 0.4) is 0 Å². The van der Waals surface area contributed by atoms with Gasteiger partial charge in [-0.1, -0.05) is 25.4 Å². The highest BCUT2D eigenvalue weighted by Gasteiger charge is 2.11. The van der Waals surface area contributed by atoms with Crippen molar-refractivity contribution in [3.05, 3.63) is 40.7 Å². The van der Waals surface area contributed by atoms with Crippen LogP contribution in [0, 0.1) is 6.92 Å². The molecule has 0 spiro atoms. The van der Waals surface area contributed by atoms with Crippen molar-refractivity contribution in [3.8, 4) is 0 Å². The van der Waals surface area contributed by atoms with Gasteiger partial charge in [-0.2, -0.15) is 0 Å². The lowest BCUT2D eigenvalue weighted by atomic mass is 10.2. The predicted molar refractivity (Wildman–Crippen MR) is 80.0 cm³/mol. The largest absolute Gasteiger partial charge is 0.383 e. The quantitative estimate of drug-likeness (QED) is 0.893. The van der Waals surface area contributed by atoms with Crippen molar-refractivity contribution in [1.82, 2.24) is 9.97 Å². The predicted octanol–water partition coefficient (Wildman–Crippen LogP) is 3.89. The van der Waals surface area contributed by atoms with E-state index in [1.807, 2.05) is 45.0 Å². The second-order valence-electron chi connectivity index (χ2n) is 4.73. The summed E-state index contributed by atoms with van der Waals surface area (Å²) in [6, 6.07) is 7.45. The fraction of sp³-hybridized carbons (Fsp3) is 0.286. The average molecular weight is 277 g/mol. The fourth-order valence-corrected chi connectivity index (χ4v) is 1.73. The molecule has 0 atom stereocenters. The van der Waals surface area contributed by atoms with E-state index in [0.29, 0.717) is 10.8 Å². The summed E-state index contributed by atoms with van der Waals surface area (Å²) < 4.78 is 0. The van der Waals surface area contributed by atoms with Gasteiger partial charge >= 0.3 is 0 Å². The standard InChI is InChI=1S/C14H17ClN4/c1-8(2)13-18-12(16)9(3)14(19-13)17-11-6-4-10(15)5-7-11/h4-8H,1-3H3,(H3,16,17,18,19). The smallest absolute Gasteiger partial charge is 0.139 e. The molecular formula is C14H17ClN4. The van der Waals surface area contributed by atoms with Crippen LogP contribution in [-0.2, 0) is 0 Å². The van der Waals surface area contributed by atoms with Gasteiger partial charge < -0.3 is 11.1 Å². The van der Waals surface area contributed by atoms with Crippen molar-refractivity contribution < 1.29 is 0 Å². The minimum atomic E-state index is 0.230. The molecule has 2 aromatic rings. The van der Waals surface area contributed by atoms with E-state index in [9.17, 15) is 0 Å². The fourth-order valence-electron chi connectivity index (χ4n) is 1.60. The summed E-state index contributed by atoms with van der Waals surface area (Å²) in [5.41, 5.74) is 7.69. The first kappa shape index (κ1) is 13.6. The molecule has 19 heavy (non-hydrogen) atoms. The minimum absolute atomic E-state index is 0.230. The second-order valence-corrected chi connectivity index (χ2v) is 5.16. The first-order chi connectivity index (χ1) is 8.97. The number of nitrogen functional groups attached to an aromatic ring is 1. The van der Waals surface area contributed by atoms with E-state index < -0.39 is 0 Å². The Balaban J connectivity index is 2.36. The molecule has 0 aliphatic carbocycles. The van der Waals surface area contributed by atoms with E-state index in [1.54, 1.807) is 0 Å². The molecule has 0 unspecified atom stereocenters. The van der Waals surface area contributed by atoms with Crippen molar-refractivity contribution in [2.45, 2.75) is 26.7 Å². The van der Waals surface area contributed by atoms with Gasteiger partial charge in [0, 0.05) is 22.2 Å². The van der Waals surface area contributed by atoms with Gasteiger partial charge in [0.25, 0.3) is 0 Å². The van der Waals surface area contributed by atoms with Gasteiger partial charge in [0.1, 0.15) is 17.5 Å². The molecule has 0 saturated carbocycles. The van der Waals surface area contributed by atoms with Crippen LogP contribution >= 0.6 is 11.6 Å². The summed E-state index contributed by atoms with van der Waals surface area (Å²) in [5.74, 6) is 2.21. The summed E-state index contributed by atoms with van der Waals surface area (Å²) in [7, 11) is 0. The topological polar surface area (TPSA) is 63.8 Å². The van der Waals surface area contributed by atoms with Crippen LogP contribution < -0.4 is 11.1 Å². The summed E-state index contributed by atoms with van der Waals surface area (Å²) in [5, 5.41) is 3.95. The Kier molecular flexibility index (Phi) is 3.90. The van der Waals surface area contributed by atoms with Gasteiger partial charge in [0.05, 0.1) is 0 Å². The molecule has 0 aliphatic heterocycles. The Hall–Kier alpha value is -1.81. The van der Waals surface area contributed by atoms with E-state index in [-0.39, 0.29) is 5.92 Å². The lowest BCUT2D eigenvalue weighted by molar-refractivity contribution is 0.776. The number of anilines is 3. The van der Waals surface area contributed by atoms with Crippen LogP contribution in [0.5, 0.6) is 0 Å². The molecule has 0 saturated heterocycles. The Morgan fingerprint density at radius 1 is 1.16 bits per heavy atom. The number of nitrogens with zero attached hydrogens (tertiary/aromatic N) is 2. The first-order valence-corrected chi connectivity index (χ1v) is 6.51. The molecule has 1 aromatic carbocycles. The molecule has 3 N–H and O–H groups in total. The van der Waals surface area contributed by atoms with Gasteiger partial charge in [-0.15, -0.1) is 0 Å². The molecule has 4 nitrogen and oxygen atoms in total. The van der Waals surface area contributed by atoms with Gasteiger partial charge in [-0.3, -0.25) is 0 Å². The number of nitrogens with two attached hydrogens (primary N) is 1. The number of rotatable bonds is 3. The SMILES string of the molecule is Cc1c(N)nc(C(C)C)nc1Nc1ccc(Cl)cc1. The molecule has 0 fully saturated rings. The van der Waals surface area contributed by atoms with Gasteiger partial charge in [-0.25, -0.2) is 9.97 Å². The minimum Gasteiger partial charge on any atom is -0.383 e. The summed E-state index contributed by atoms with van der Waals surface area (Å²) in [4.78, 5) is 8.81. The Morgan fingerprint density at radius 2 is 1.79 bits per heavy atom. The second kappa shape index (κ2) is 5.45. The van der Waals surface area contributed by atoms with Crippen molar-refractivity contribution in [2.75, 3.05) is 11.1 Å². The molecule has 0 amide bonds. The highest BCUT2D eigenvalue weighted by molar-refractivity contribution is 6.30. The molecule has 1 heterocycles. The highest BCUT2D eigenvalue weighted by Crippen LogP contribution is 2.24. The Morgan fingerprint density at radius 3 is 2.37 bits per heavy atom. The first-order valence-electron chi connectivity index (χ1n) is 6.14. The number of benzene rings is 1. The molecule has 2 rings (SSSR count). The molecule has 1 aromatic heterocycles. The third-order valence-electron chi connectivity index (χ3n) is 2.82. The average Bonchev–Trinajstić information content (AvgIpc) is 2.37. The van der Waals surface area contributed by atoms with Gasteiger partial charge in [0.15, 0.2) is 0 Å². The summed E-state index contributed by atoms with van der Waals surface area (Å²) >= 11 is 5.86. The number of aromatic nitrogens is 2. The number of hydrogen-bond acceptors (Lipinski definition) is 4. The van der Waals surface area contributed by atoms with Gasteiger partial charge in [-0.05, 0) is 31.2 Å². The van der Waals surface area contributed by atoms with Crippen LogP contribution in [-0.4, -0.2) is 9.97 Å². The van der Waals surface area contributed by atoms with E-state index in [1.165, 1.54) is 0 Å². The van der Waals surface area contributed by atoms with Crippen LogP contribution in [0.2, 0.25) is 5.02 Å². The normalized spacial score (nSPS) is 10.8. The summed E-state index contributed by atoms with van der Waals surface area (Å²) in [6.07, 6.45) is 0. The molecule has 100 valence electrons. The number of nitrogens with one attached hydrogen (secondary N) is 1. The highest BCUT2D eigenvalue weighted by atomic mass is 35.5. The zero-order valence-electron chi connectivity index (χ0n) is 11.2. The van der Waals surface area contributed by atoms with E-state index in [0.717, 1.165) is 22.9 Å². The monoisotopic (exact) mass is 276 g/mol. The van der Waals surface area contributed by atoms with E-state index in [4.69, 9.17) is 17.3 Å². The Bertz CT molecular complexity index is 579. The lowest BCUT2D eigenvalue weighted by Gasteiger charge is -2.13. The molecule has 0 radical (unpaired) electrons. The van der Waals surface area contributed by atoms with Crippen molar-refractivity contribution in [2.24, 2.45) is 0 Å². The maximum Gasteiger partial charge on any atom is 0.139 e. The molecule has 0 aliphatic rings. The number of hydrogen-bond donors (Lipinski definition) is 2. The third kappa shape index (κ3) is 3.15. The third-order valence-corrected chi connectivity index (χ3v) is 3.08. The molecule has 5 heteroatoms. The maximum absolute atomic E-state index is 5.92. The van der Waals surface area contributed by atoms with Crippen molar-refractivity contribution >= 4 is 28.9 Å². The van der Waals surface area contributed by atoms with Crippen molar-refractivity contribution in [1.29, 1.82) is 0 Å². The zero-order valence-corrected chi connectivity index (χ0v) is 12.0. The van der Waals surface area contributed by atoms with Crippen LogP contribution in [0.1, 0.15) is 31.2 Å². The Labute approximate surface area is 118 Å². The summed E-state index contributed by atoms with van der Waals surface area (Å²) in [6.45, 7) is 5.98. The van der Waals surface area contributed by atoms with Crippen LogP contribution in [0.4, 0.5) is 17.3 Å². The van der Waals surface area contributed by atoms with Crippen LogP contribution in [0.25, 0.3) is 0 Å². The zero-order chi connectivity index (χ0) is 14.0. The lowest BCUT2D eigenvalue weighted by Crippen LogP contribution is -2.08. The van der Waals surface area contributed by atoms with Crippen LogP contribution in [0.15, 0.2) is 24.3 Å². The van der Waals surface area contributed by atoms with E-state index in [2.05, 4.69) is 15.3 Å². The van der Waals surface area contributed by atoms with E-state index >= 15 is 0 Å². The molecule has 0 bridgehead atoms. The number of halogens is 1. The van der Waals surface area contributed by atoms with Gasteiger partial charge in [0.2, 0.25) is 0 Å². The van der Waals surface area contributed by atoms with Crippen molar-refractivity contribution in [3.63, 3.8) is 0 Å². The maximum atomic E-state index is 5.92.